The second kappa shape index (κ2) is 4.44. The topological polar surface area (TPSA) is 46.3 Å². The van der Waals surface area contributed by atoms with Gasteiger partial charge in [0.2, 0.25) is 0 Å². The summed E-state index contributed by atoms with van der Waals surface area (Å²) in [4.78, 5) is 14.0. The molecule has 1 heterocycles. The highest BCUT2D eigenvalue weighted by Gasteiger charge is 2.25. The smallest absolute Gasteiger partial charge is 0.254 e. The molecule has 1 aliphatic heterocycles. The van der Waals surface area contributed by atoms with Gasteiger partial charge in [-0.15, -0.1) is 0 Å². The predicted molar refractivity (Wildman–Crippen MR) is 64.7 cm³/mol. The molecule has 3 nitrogen and oxygen atoms in total. The number of aryl methyl sites for hydroxylation is 1. The Morgan fingerprint density at radius 1 is 1.56 bits per heavy atom. The standard InChI is InChI=1S/C12H15ClN2O/c1-8-6-9(13)2-3-11(8)12(16)15-5-4-10(14)7-15/h2-3,6,10H,4-5,7,14H2,1H3/t10-/m1/s1. The first-order valence-electron chi connectivity index (χ1n) is 5.39. The fourth-order valence-corrected chi connectivity index (χ4v) is 2.24. The minimum atomic E-state index is 0.0575. The molecular weight excluding hydrogens is 224 g/mol. The molecule has 16 heavy (non-hydrogen) atoms. The quantitative estimate of drug-likeness (QED) is 0.811. The summed E-state index contributed by atoms with van der Waals surface area (Å²) in [5, 5.41) is 0.659. The molecule has 2 rings (SSSR count). The van der Waals surface area contributed by atoms with Crippen molar-refractivity contribution in [3.63, 3.8) is 0 Å². The van der Waals surface area contributed by atoms with Crippen LogP contribution in [0.3, 0.4) is 0 Å². The number of nitrogens with zero attached hydrogens (tertiary/aromatic N) is 1. The van der Waals surface area contributed by atoms with Gasteiger partial charge in [0.1, 0.15) is 0 Å². The molecule has 1 fully saturated rings. The highest BCUT2D eigenvalue weighted by atomic mass is 35.5. The average Bonchev–Trinajstić information content (AvgIpc) is 2.64. The van der Waals surface area contributed by atoms with Crippen LogP contribution in [-0.2, 0) is 0 Å². The second-order valence-electron chi connectivity index (χ2n) is 4.26. The highest BCUT2D eigenvalue weighted by molar-refractivity contribution is 6.30. The Bertz CT molecular complexity index is 419. The Balaban J connectivity index is 2.21. The summed E-state index contributed by atoms with van der Waals surface area (Å²) in [6.07, 6.45) is 0.887. The Labute approximate surface area is 100 Å². The summed E-state index contributed by atoms with van der Waals surface area (Å²) < 4.78 is 0. The largest absolute Gasteiger partial charge is 0.337 e. The lowest BCUT2D eigenvalue weighted by molar-refractivity contribution is 0.0790. The lowest BCUT2D eigenvalue weighted by Gasteiger charge is -2.17. The van der Waals surface area contributed by atoms with Crippen molar-refractivity contribution in [3.8, 4) is 0 Å². The van der Waals surface area contributed by atoms with Crippen LogP contribution in [0.25, 0.3) is 0 Å². The van der Waals surface area contributed by atoms with E-state index in [4.69, 9.17) is 17.3 Å². The van der Waals surface area contributed by atoms with E-state index in [1.54, 1.807) is 17.0 Å². The second-order valence-corrected chi connectivity index (χ2v) is 4.70. The van der Waals surface area contributed by atoms with Gasteiger partial charge in [-0.2, -0.15) is 0 Å². The predicted octanol–water partition coefficient (Wildman–Crippen LogP) is 1.82. The fraction of sp³-hybridized carbons (Fsp3) is 0.417. The van der Waals surface area contributed by atoms with Crippen molar-refractivity contribution < 1.29 is 4.79 Å². The average molecular weight is 239 g/mol. The van der Waals surface area contributed by atoms with Gasteiger partial charge in [-0.3, -0.25) is 4.79 Å². The third kappa shape index (κ3) is 2.20. The van der Waals surface area contributed by atoms with Crippen LogP contribution in [0.1, 0.15) is 22.3 Å². The molecular formula is C12H15ClN2O. The zero-order chi connectivity index (χ0) is 11.7. The number of benzene rings is 1. The third-order valence-electron chi connectivity index (χ3n) is 2.93. The van der Waals surface area contributed by atoms with Gasteiger partial charge in [-0.1, -0.05) is 11.6 Å². The van der Waals surface area contributed by atoms with Gasteiger partial charge in [0.05, 0.1) is 0 Å². The van der Waals surface area contributed by atoms with Crippen molar-refractivity contribution in [2.24, 2.45) is 5.73 Å². The molecule has 2 N–H and O–H groups in total. The molecule has 4 heteroatoms. The van der Waals surface area contributed by atoms with Crippen molar-refractivity contribution in [2.75, 3.05) is 13.1 Å². The van der Waals surface area contributed by atoms with Gasteiger partial charge in [0, 0.05) is 29.7 Å². The Kier molecular flexibility index (Phi) is 3.17. The van der Waals surface area contributed by atoms with Crippen molar-refractivity contribution in [1.82, 2.24) is 4.90 Å². The van der Waals surface area contributed by atoms with Crippen LogP contribution in [0, 0.1) is 6.92 Å². The Hall–Kier alpha value is -1.06. The lowest BCUT2D eigenvalue weighted by atomic mass is 10.1. The van der Waals surface area contributed by atoms with Crippen molar-refractivity contribution in [2.45, 2.75) is 19.4 Å². The number of amides is 1. The number of nitrogens with two attached hydrogens (primary N) is 1. The van der Waals surface area contributed by atoms with Gasteiger partial charge in [-0.25, -0.2) is 0 Å². The van der Waals surface area contributed by atoms with Crippen molar-refractivity contribution >= 4 is 17.5 Å². The van der Waals surface area contributed by atoms with E-state index in [9.17, 15) is 4.79 Å². The molecule has 1 aromatic rings. The zero-order valence-electron chi connectivity index (χ0n) is 9.24. The number of likely N-dealkylation sites (tertiary alicyclic amines) is 1. The fourth-order valence-electron chi connectivity index (χ4n) is 2.01. The van der Waals surface area contributed by atoms with E-state index >= 15 is 0 Å². The summed E-state index contributed by atoms with van der Waals surface area (Å²) in [6, 6.07) is 5.46. The summed E-state index contributed by atoms with van der Waals surface area (Å²) >= 11 is 5.86. The summed E-state index contributed by atoms with van der Waals surface area (Å²) in [5.74, 6) is 0.0575. The first-order valence-corrected chi connectivity index (χ1v) is 5.76. The van der Waals surface area contributed by atoms with Crippen molar-refractivity contribution in [3.05, 3.63) is 34.3 Å². The van der Waals surface area contributed by atoms with Gasteiger partial charge in [-0.05, 0) is 37.1 Å². The maximum absolute atomic E-state index is 12.2. The number of hydrogen-bond donors (Lipinski definition) is 1. The summed E-state index contributed by atoms with van der Waals surface area (Å²) in [5.41, 5.74) is 7.42. The van der Waals surface area contributed by atoms with E-state index in [-0.39, 0.29) is 11.9 Å². The Morgan fingerprint density at radius 2 is 2.31 bits per heavy atom. The molecule has 1 atom stereocenters. The maximum Gasteiger partial charge on any atom is 0.254 e. The van der Waals surface area contributed by atoms with Crippen LogP contribution in [0.15, 0.2) is 18.2 Å². The molecule has 0 aromatic heterocycles. The van der Waals surface area contributed by atoms with Crippen LogP contribution >= 0.6 is 11.6 Å². The van der Waals surface area contributed by atoms with Gasteiger partial charge in [0.25, 0.3) is 5.91 Å². The molecule has 0 saturated carbocycles. The monoisotopic (exact) mass is 238 g/mol. The van der Waals surface area contributed by atoms with E-state index in [0.717, 1.165) is 24.1 Å². The van der Waals surface area contributed by atoms with E-state index in [2.05, 4.69) is 0 Å². The van der Waals surface area contributed by atoms with E-state index < -0.39 is 0 Å². The van der Waals surface area contributed by atoms with Crippen LogP contribution in [-0.4, -0.2) is 29.9 Å². The van der Waals surface area contributed by atoms with E-state index in [1.807, 2.05) is 13.0 Å². The van der Waals surface area contributed by atoms with E-state index in [1.165, 1.54) is 0 Å². The van der Waals surface area contributed by atoms with Crippen molar-refractivity contribution in [1.29, 1.82) is 0 Å². The molecule has 0 spiro atoms. The molecule has 1 aromatic carbocycles. The molecule has 86 valence electrons. The van der Waals surface area contributed by atoms with Gasteiger partial charge >= 0.3 is 0 Å². The zero-order valence-corrected chi connectivity index (χ0v) is 10.00. The normalized spacial score (nSPS) is 20.2. The van der Waals surface area contributed by atoms with Gasteiger partial charge < -0.3 is 10.6 Å². The SMILES string of the molecule is Cc1cc(Cl)ccc1C(=O)N1CC[C@@H](N)C1. The molecule has 1 amide bonds. The van der Waals surface area contributed by atoms with Gasteiger partial charge in [0.15, 0.2) is 0 Å². The summed E-state index contributed by atoms with van der Waals surface area (Å²) in [6.45, 7) is 3.30. The molecule has 0 bridgehead atoms. The highest BCUT2D eigenvalue weighted by Crippen LogP contribution is 2.19. The minimum absolute atomic E-state index is 0.0575. The first kappa shape index (κ1) is 11.4. The molecule has 1 aliphatic rings. The maximum atomic E-state index is 12.2. The molecule has 0 aliphatic carbocycles. The number of rotatable bonds is 1. The van der Waals surface area contributed by atoms with Crippen LogP contribution in [0.5, 0.6) is 0 Å². The number of hydrogen-bond acceptors (Lipinski definition) is 2. The minimum Gasteiger partial charge on any atom is -0.337 e. The Morgan fingerprint density at radius 3 is 2.88 bits per heavy atom. The molecule has 0 radical (unpaired) electrons. The number of halogens is 1. The van der Waals surface area contributed by atoms with E-state index in [0.29, 0.717) is 11.6 Å². The molecule has 0 unspecified atom stereocenters. The van der Waals surface area contributed by atoms with Crippen LogP contribution < -0.4 is 5.73 Å². The summed E-state index contributed by atoms with van der Waals surface area (Å²) in [7, 11) is 0. The number of carbonyl (C=O) groups excluding carboxylic acids is 1. The first-order chi connectivity index (χ1) is 7.58. The van der Waals surface area contributed by atoms with Crippen LogP contribution in [0.2, 0.25) is 5.02 Å². The third-order valence-corrected chi connectivity index (χ3v) is 3.17. The number of carbonyl (C=O) groups is 1. The van der Waals surface area contributed by atoms with Crippen LogP contribution in [0.4, 0.5) is 0 Å². The lowest BCUT2D eigenvalue weighted by Crippen LogP contribution is -2.32. The molecule has 1 saturated heterocycles.